The van der Waals surface area contributed by atoms with E-state index in [1.807, 2.05) is 39.0 Å². The third kappa shape index (κ3) is 3.98. The van der Waals surface area contributed by atoms with Crippen molar-refractivity contribution >= 4 is 17.3 Å². The molecule has 0 aliphatic heterocycles. The molecule has 1 aromatic rings. The standard InChI is InChI=1S/C13H21N3O/c1-4-7-15-13(17)10(3)16-11-5-6-12(14)9(2)8-11/h5-6,8,10,16H,4,7,14H2,1-3H3,(H,15,17). The monoisotopic (exact) mass is 235 g/mol. The summed E-state index contributed by atoms with van der Waals surface area (Å²) in [6.45, 7) is 6.53. The Morgan fingerprint density at radius 1 is 1.47 bits per heavy atom. The number of amides is 1. The van der Waals surface area contributed by atoms with Crippen LogP contribution in [0.2, 0.25) is 0 Å². The second-order valence-corrected chi connectivity index (χ2v) is 4.23. The Balaban J connectivity index is 2.58. The largest absolute Gasteiger partial charge is 0.399 e. The van der Waals surface area contributed by atoms with Crippen molar-refractivity contribution in [3.05, 3.63) is 23.8 Å². The fraction of sp³-hybridized carbons (Fsp3) is 0.462. The molecule has 0 radical (unpaired) electrons. The number of nitrogen functional groups attached to an aromatic ring is 1. The third-order valence-electron chi connectivity index (χ3n) is 2.60. The van der Waals surface area contributed by atoms with Crippen LogP contribution in [0.5, 0.6) is 0 Å². The Morgan fingerprint density at radius 3 is 2.76 bits per heavy atom. The van der Waals surface area contributed by atoms with Crippen molar-refractivity contribution in [3.63, 3.8) is 0 Å². The minimum absolute atomic E-state index is 0.0151. The smallest absolute Gasteiger partial charge is 0.242 e. The van der Waals surface area contributed by atoms with Gasteiger partial charge in [-0.3, -0.25) is 4.79 Å². The van der Waals surface area contributed by atoms with E-state index in [2.05, 4.69) is 10.6 Å². The summed E-state index contributed by atoms with van der Waals surface area (Å²) >= 11 is 0. The van der Waals surface area contributed by atoms with Gasteiger partial charge in [0.2, 0.25) is 5.91 Å². The molecule has 0 saturated carbocycles. The van der Waals surface area contributed by atoms with E-state index in [1.165, 1.54) is 0 Å². The maximum atomic E-state index is 11.7. The number of aryl methyl sites for hydroxylation is 1. The molecular weight excluding hydrogens is 214 g/mol. The van der Waals surface area contributed by atoms with Gasteiger partial charge in [0.15, 0.2) is 0 Å². The fourth-order valence-electron chi connectivity index (χ4n) is 1.48. The Morgan fingerprint density at radius 2 is 2.18 bits per heavy atom. The minimum Gasteiger partial charge on any atom is -0.399 e. The van der Waals surface area contributed by atoms with Crippen LogP contribution in [0.4, 0.5) is 11.4 Å². The van der Waals surface area contributed by atoms with E-state index in [-0.39, 0.29) is 11.9 Å². The van der Waals surface area contributed by atoms with E-state index in [9.17, 15) is 4.79 Å². The van der Waals surface area contributed by atoms with Crippen molar-refractivity contribution in [2.24, 2.45) is 0 Å². The molecule has 1 amide bonds. The minimum atomic E-state index is -0.246. The lowest BCUT2D eigenvalue weighted by Gasteiger charge is -2.15. The van der Waals surface area contributed by atoms with Crippen LogP contribution in [-0.4, -0.2) is 18.5 Å². The number of rotatable bonds is 5. The van der Waals surface area contributed by atoms with Gasteiger partial charge >= 0.3 is 0 Å². The molecule has 0 heterocycles. The van der Waals surface area contributed by atoms with Crippen molar-refractivity contribution < 1.29 is 4.79 Å². The molecule has 0 aliphatic carbocycles. The molecule has 4 heteroatoms. The van der Waals surface area contributed by atoms with Gasteiger partial charge in [0, 0.05) is 17.9 Å². The molecule has 1 rings (SSSR count). The normalized spacial score (nSPS) is 11.9. The summed E-state index contributed by atoms with van der Waals surface area (Å²) in [6.07, 6.45) is 0.944. The number of carbonyl (C=O) groups excluding carboxylic acids is 1. The lowest BCUT2D eigenvalue weighted by molar-refractivity contribution is -0.121. The summed E-state index contributed by atoms with van der Waals surface area (Å²) in [5.41, 5.74) is 8.42. The number of nitrogens with two attached hydrogens (primary N) is 1. The van der Waals surface area contributed by atoms with E-state index in [1.54, 1.807) is 0 Å². The van der Waals surface area contributed by atoms with Crippen molar-refractivity contribution in [2.45, 2.75) is 33.2 Å². The first-order valence-corrected chi connectivity index (χ1v) is 5.95. The average molecular weight is 235 g/mol. The van der Waals surface area contributed by atoms with Crippen molar-refractivity contribution in [1.82, 2.24) is 5.32 Å². The molecule has 1 aromatic carbocycles. The van der Waals surface area contributed by atoms with Gasteiger partial charge in [-0.25, -0.2) is 0 Å². The molecule has 17 heavy (non-hydrogen) atoms. The highest BCUT2D eigenvalue weighted by Crippen LogP contribution is 2.17. The lowest BCUT2D eigenvalue weighted by atomic mass is 10.1. The van der Waals surface area contributed by atoms with Gasteiger partial charge in [0.25, 0.3) is 0 Å². The number of anilines is 2. The van der Waals surface area contributed by atoms with E-state index in [0.717, 1.165) is 23.4 Å². The number of hydrogen-bond donors (Lipinski definition) is 3. The van der Waals surface area contributed by atoms with Gasteiger partial charge < -0.3 is 16.4 Å². The first-order valence-electron chi connectivity index (χ1n) is 5.95. The number of carbonyl (C=O) groups is 1. The van der Waals surface area contributed by atoms with Gasteiger partial charge in [0.1, 0.15) is 6.04 Å². The number of benzene rings is 1. The predicted molar refractivity (Wildman–Crippen MR) is 72.0 cm³/mol. The molecule has 0 aromatic heterocycles. The van der Waals surface area contributed by atoms with Crippen molar-refractivity contribution in [2.75, 3.05) is 17.6 Å². The Kier molecular flexibility index (Phi) is 4.82. The summed E-state index contributed by atoms with van der Waals surface area (Å²) in [6, 6.07) is 5.42. The second-order valence-electron chi connectivity index (χ2n) is 4.23. The zero-order chi connectivity index (χ0) is 12.8. The van der Waals surface area contributed by atoms with Gasteiger partial charge in [-0.1, -0.05) is 6.92 Å². The molecule has 4 nitrogen and oxygen atoms in total. The molecule has 0 saturated heterocycles. The Labute approximate surface area is 103 Å². The zero-order valence-electron chi connectivity index (χ0n) is 10.7. The molecular formula is C13H21N3O. The quantitative estimate of drug-likeness (QED) is 0.683. The first kappa shape index (κ1) is 13.4. The SMILES string of the molecule is CCCNC(=O)C(C)Nc1ccc(N)c(C)c1. The zero-order valence-corrected chi connectivity index (χ0v) is 10.7. The second kappa shape index (κ2) is 6.13. The van der Waals surface area contributed by atoms with E-state index >= 15 is 0 Å². The number of hydrogen-bond acceptors (Lipinski definition) is 3. The molecule has 0 spiro atoms. The number of nitrogens with one attached hydrogen (secondary N) is 2. The summed E-state index contributed by atoms with van der Waals surface area (Å²) in [5.74, 6) is 0.0151. The molecule has 0 bridgehead atoms. The topological polar surface area (TPSA) is 67.2 Å². The summed E-state index contributed by atoms with van der Waals surface area (Å²) < 4.78 is 0. The van der Waals surface area contributed by atoms with Gasteiger partial charge in [-0.15, -0.1) is 0 Å². The maximum Gasteiger partial charge on any atom is 0.242 e. The fourth-order valence-corrected chi connectivity index (χ4v) is 1.48. The van der Waals surface area contributed by atoms with Crippen LogP contribution >= 0.6 is 0 Å². The van der Waals surface area contributed by atoms with Crippen LogP contribution in [0.1, 0.15) is 25.8 Å². The van der Waals surface area contributed by atoms with Crippen LogP contribution in [-0.2, 0) is 4.79 Å². The summed E-state index contributed by atoms with van der Waals surface area (Å²) in [4.78, 5) is 11.7. The predicted octanol–water partition coefficient (Wildman–Crippen LogP) is 1.90. The molecule has 94 valence electrons. The van der Waals surface area contributed by atoms with Crippen LogP contribution in [0.25, 0.3) is 0 Å². The van der Waals surface area contributed by atoms with Crippen molar-refractivity contribution in [3.8, 4) is 0 Å². The highest BCUT2D eigenvalue weighted by molar-refractivity contribution is 5.84. The highest BCUT2D eigenvalue weighted by Gasteiger charge is 2.11. The average Bonchev–Trinajstić information content (AvgIpc) is 2.30. The molecule has 0 aliphatic rings. The third-order valence-corrected chi connectivity index (χ3v) is 2.60. The van der Waals surface area contributed by atoms with Crippen LogP contribution in [0, 0.1) is 6.92 Å². The van der Waals surface area contributed by atoms with E-state index in [4.69, 9.17) is 5.73 Å². The van der Waals surface area contributed by atoms with E-state index in [0.29, 0.717) is 6.54 Å². The van der Waals surface area contributed by atoms with Crippen LogP contribution in [0.15, 0.2) is 18.2 Å². The summed E-state index contributed by atoms with van der Waals surface area (Å²) in [5, 5.41) is 6.00. The molecule has 1 unspecified atom stereocenters. The molecule has 0 fully saturated rings. The Hall–Kier alpha value is -1.71. The summed E-state index contributed by atoms with van der Waals surface area (Å²) in [7, 11) is 0. The highest BCUT2D eigenvalue weighted by atomic mass is 16.2. The molecule has 1 atom stereocenters. The van der Waals surface area contributed by atoms with Crippen LogP contribution < -0.4 is 16.4 Å². The van der Waals surface area contributed by atoms with Gasteiger partial charge in [-0.05, 0) is 44.0 Å². The molecule has 4 N–H and O–H groups in total. The van der Waals surface area contributed by atoms with Gasteiger partial charge in [0.05, 0.1) is 0 Å². The lowest BCUT2D eigenvalue weighted by Crippen LogP contribution is -2.37. The van der Waals surface area contributed by atoms with Crippen LogP contribution in [0.3, 0.4) is 0 Å². The van der Waals surface area contributed by atoms with E-state index < -0.39 is 0 Å². The van der Waals surface area contributed by atoms with Crippen molar-refractivity contribution in [1.29, 1.82) is 0 Å². The van der Waals surface area contributed by atoms with Gasteiger partial charge in [-0.2, -0.15) is 0 Å². The first-order chi connectivity index (χ1) is 8.04. The Bertz CT molecular complexity index is 390. The maximum absolute atomic E-state index is 11.7.